The number of alkyl halides is 3. The number of halogens is 3. The molecule has 0 atom stereocenters. The Kier molecular flexibility index (Phi) is 2.76. The van der Waals surface area contributed by atoms with E-state index in [1.54, 1.807) is 12.5 Å². The van der Waals surface area contributed by atoms with Crippen LogP contribution in [0.25, 0.3) is 0 Å². The molecule has 1 aliphatic carbocycles. The first-order valence-corrected chi connectivity index (χ1v) is 5.16. The van der Waals surface area contributed by atoms with Crippen LogP contribution in [0, 0.1) is 5.92 Å². The average Bonchev–Trinajstić information content (AvgIpc) is 2.69. The molecule has 1 saturated carbocycles. The summed E-state index contributed by atoms with van der Waals surface area (Å²) in [6.07, 6.45) is 0.928. The molecule has 1 nitrogen and oxygen atoms in total. The molecule has 0 bridgehead atoms. The monoisotopic (exact) mass is 218 g/mol. The molecule has 0 unspecified atom stereocenters. The zero-order valence-corrected chi connectivity index (χ0v) is 8.26. The second-order valence-electron chi connectivity index (χ2n) is 4.15. The Labute approximate surface area is 86.3 Å². The Hall–Kier alpha value is -0.930. The van der Waals surface area contributed by atoms with Crippen molar-refractivity contribution in [3.05, 3.63) is 24.2 Å². The summed E-state index contributed by atoms with van der Waals surface area (Å²) in [6.45, 7) is 0. The third-order valence-corrected chi connectivity index (χ3v) is 3.20. The maximum absolute atomic E-state index is 12.4. The van der Waals surface area contributed by atoms with Gasteiger partial charge in [-0.05, 0) is 43.2 Å². The molecule has 0 amide bonds. The first kappa shape index (κ1) is 10.6. The minimum atomic E-state index is -4.01. The predicted octanol–water partition coefficient (Wildman–Crippen LogP) is 4.12. The molecule has 1 aromatic heterocycles. The second kappa shape index (κ2) is 3.91. The molecule has 1 aromatic rings. The molecule has 1 heterocycles. The summed E-state index contributed by atoms with van der Waals surface area (Å²) in [5.41, 5.74) is 1.04. The number of hydrogen-bond acceptors (Lipinski definition) is 1. The van der Waals surface area contributed by atoms with Crippen LogP contribution in [0.3, 0.4) is 0 Å². The molecule has 0 saturated heterocycles. The van der Waals surface area contributed by atoms with E-state index in [9.17, 15) is 13.2 Å². The number of furan rings is 1. The summed E-state index contributed by atoms with van der Waals surface area (Å²) in [5.74, 6) is -0.844. The lowest BCUT2D eigenvalue weighted by Gasteiger charge is -2.29. The molecular formula is C11H13F3O. The van der Waals surface area contributed by atoms with Crippen molar-refractivity contribution in [3.63, 3.8) is 0 Å². The van der Waals surface area contributed by atoms with Crippen LogP contribution in [0.2, 0.25) is 0 Å². The van der Waals surface area contributed by atoms with Crippen molar-refractivity contribution < 1.29 is 17.6 Å². The van der Waals surface area contributed by atoms with Crippen LogP contribution >= 0.6 is 0 Å². The van der Waals surface area contributed by atoms with Gasteiger partial charge in [-0.25, -0.2) is 0 Å². The van der Waals surface area contributed by atoms with Gasteiger partial charge in [0, 0.05) is 0 Å². The van der Waals surface area contributed by atoms with Gasteiger partial charge in [0.05, 0.1) is 18.4 Å². The largest absolute Gasteiger partial charge is 0.472 e. The Morgan fingerprint density at radius 3 is 2.27 bits per heavy atom. The van der Waals surface area contributed by atoms with Crippen molar-refractivity contribution in [2.75, 3.05) is 0 Å². The zero-order valence-electron chi connectivity index (χ0n) is 8.26. The highest BCUT2D eigenvalue weighted by molar-refractivity contribution is 5.13. The third kappa shape index (κ3) is 2.36. The van der Waals surface area contributed by atoms with Gasteiger partial charge in [0.25, 0.3) is 0 Å². The molecule has 2 rings (SSSR count). The Morgan fingerprint density at radius 1 is 1.13 bits per heavy atom. The fourth-order valence-corrected chi connectivity index (χ4v) is 2.26. The van der Waals surface area contributed by atoms with Crippen molar-refractivity contribution in [2.45, 2.75) is 37.8 Å². The van der Waals surface area contributed by atoms with Crippen LogP contribution in [-0.2, 0) is 0 Å². The SMILES string of the molecule is FC(F)(F)C1CCC(c2ccoc2)CC1. The molecule has 1 fully saturated rings. The van der Waals surface area contributed by atoms with Gasteiger partial charge in [-0.2, -0.15) is 13.2 Å². The van der Waals surface area contributed by atoms with Gasteiger partial charge < -0.3 is 4.42 Å². The summed E-state index contributed by atoms with van der Waals surface area (Å²) < 4.78 is 42.1. The highest BCUT2D eigenvalue weighted by atomic mass is 19.4. The van der Waals surface area contributed by atoms with Crippen LogP contribution in [-0.4, -0.2) is 6.18 Å². The third-order valence-electron chi connectivity index (χ3n) is 3.20. The molecule has 4 heteroatoms. The molecule has 1 aliphatic rings. The fraction of sp³-hybridized carbons (Fsp3) is 0.636. The van der Waals surface area contributed by atoms with Gasteiger partial charge in [-0.15, -0.1) is 0 Å². The summed E-state index contributed by atoms with van der Waals surface area (Å²) in [5, 5.41) is 0. The topological polar surface area (TPSA) is 13.1 Å². The van der Waals surface area contributed by atoms with E-state index in [1.165, 1.54) is 0 Å². The maximum Gasteiger partial charge on any atom is 0.391 e. The molecule has 84 valence electrons. The Morgan fingerprint density at radius 2 is 1.80 bits per heavy atom. The summed E-state index contributed by atoms with van der Waals surface area (Å²) in [7, 11) is 0. The zero-order chi connectivity index (χ0) is 10.9. The quantitative estimate of drug-likeness (QED) is 0.691. The molecule has 0 radical (unpaired) electrons. The summed E-state index contributed by atoms with van der Waals surface area (Å²) in [4.78, 5) is 0. The van der Waals surface area contributed by atoms with Gasteiger partial charge in [-0.3, -0.25) is 0 Å². The van der Waals surface area contributed by atoms with Gasteiger partial charge in [0.2, 0.25) is 0 Å². The lowest BCUT2D eigenvalue weighted by Crippen LogP contribution is -2.27. The minimum absolute atomic E-state index is 0.249. The van der Waals surface area contributed by atoms with E-state index in [0.717, 1.165) is 5.56 Å². The van der Waals surface area contributed by atoms with Crippen molar-refractivity contribution in [2.24, 2.45) is 5.92 Å². The van der Waals surface area contributed by atoms with Crippen molar-refractivity contribution in [1.82, 2.24) is 0 Å². The van der Waals surface area contributed by atoms with Crippen LogP contribution in [0.4, 0.5) is 13.2 Å². The molecule has 0 spiro atoms. The van der Waals surface area contributed by atoms with E-state index in [4.69, 9.17) is 4.42 Å². The lowest BCUT2D eigenvalue weighted by molar-refractivity contribution is -0.182. The minimum Gasteiger partial charge on any atom is -0.472 e. The van der Waals surface area contributed by atoms with Crippen molar-refractivity contribution in [3.8, 4) is 0 Å². The molecule has 15 heavy (non-hydrogen) atoms. The van der Waals surface area contributed by atoms with Crippen LogP contribution in [0.5, 0.6) is 0 Å². The Balaban J connectivity index is 1.93. The van der Waals surface area contributed by atoms with E-state index in [1.807, 2.05) is 6.07 Å². The van der Waals surface area contributed by atoms with E-state index in [0.29, 0.717) is 12.8 Å². The van der Waals surface area contributed by atoms with E-state index < -0.39 is 12.1 Å². The lowest BCUT2D eigenvalue weighted by atomic mass is 9.79. The van der Waals surface area contributed by atoms with Gasteiger partial charge >= 0.3 is 6.18 Å². The predicted molar refractivity (Wildman–Crippen MR) is 49.5 cm³/mol. The van der Waals surface area contributed by atoms with E-state index in [-0.39, 0.29) is 18.8 Å². The van der Waals surface area contributed by atoms with E-state index in [2.05, 4.69) is 0 Å². The second-order valence-corrected chi connectivity index (χ2v) is 4.15. The first-order chi connectivity index (χ1) is 7.07. The van der Waals surface area contributed by atoms with Gasteiger partial charge in [-0.1, -0.05) is 0 Å². The normalized spacial score (nSPS) is 27.9. The van der Waals surface area contributed by atoms with Crippen LogP contribution in [0.15, 0.2) is 23.0 Å². The van der Waals surface area contributed by atoms with Crippen molar-refractivity contribution in [1.29, 1.82) is 0 Å². The molecule has 0 aliphatic heterocycles. The number of hydrogen-bond donors (Lipinski definition) is 0. The van der Waals surface area contributed by atoms with Crippen molar-refractivity contribution >= 4 is 0 Å². The highest BCUT2D eigenvalue weighted by Crippen LogP contribution is 2.42. The van der Waals surface area contributed by atoms with E-state index >= 15 is 0 Å². The first-order valence-electron chi connectivity index (χ1n) is 5.16. The summed E-state index contributed by atoms with van der Waals surface area (Å²) >= 11 is 0. The molecule has 0 N–H and O–H groups in total. The molecular weight excluding hydrogens is 205 g/mol. The van der Waals surface area contributed by atoms with Crippen LogP contribution < -0.4 is 0 Å². The average molecular weight is 218 g/mol. The smallest absolute Gasteiger partial charge is 0.391 e. The highest BCUT2D eigenvalue weighted by Gasteiger charge is 2.41. The summed E-state index contributed by atoms with van der Waals surface area (Å²) in [6, 6.07) is 1.85. The molecule has 0 aromatic carbocycles. The maximum atomic E-state index is 12.4. The van der Waals surface area contributed by atoms with Crippen LogP contribution in [0.1, 0.15) is 37.2 Å². The number of rotatable bonds is 1. The van der Waals surface area contributed by atoms with Gasteiger partial charge in [0.15, 0.2) is 0 Å². The van der Waals surface area contributed by atoms with Gasteiger partial charge in [0.1, 0.15) is 0 Å². The Bertz CT molecular complexity index is 294. The standard InChI is InChI=1S/C11H13F3O/c12-11(13,14)10-3-1-8(2-4-10)9-5-6-15-7-9/h5-8,10H,1-4H2. The fourth-order valence-electron chi connectivity index (χ4n) is 2.26.